The molecule has 3 N–H and O–H groups in total. The number of rotatable bonds is 4. The van der Waals surface area contributed by atoms with E-state index in [9.17, 15) is 14.0 Å². The number of fused-ring (bicyclic) bond motifs is 1. The highest BCUT2D eigenvalue weighted by atomic mass is 19.1. The third-order valence-electron chi connectivity index (χ3n) is 4.72. The van der Waals surface area contributed by atoms with Gasteiger partial charge in [-0.3, -0.25) is 14.7 Å². The summed E-state index contributed by atoms with van der Waals surface area (Å²) < 4.78 is 19.4. The lowest BCUT2D eigenvalue weighted by atomic mass is 9.94. The van der Waals surface area contributed by atoms with E-state index in [0.717, 1.165) is 23.7 Å². The molecule has 1 aliphatic carbocycles. The van der Waals surface area contributed by atoms with E-state index in [2.05, 4.69) is 20.8 Å². The molecule has 8 heteroatoms. The molecule has 0 saturated heterocycles. The first-order chi connectivity index (χ1) is 14.1. The summed E-state index contributed by atoms with van der Waals surface area (Å²) in [5.74, 6) is -1.47. The number of hydrogen-bond donors (Lipinski definition) is 3. The number of amides is 2. The van der Waals surface area contributed by atoms with Crippen LogP contribution < -0.4 is 15.4 Å². The van der Waals surface area contributed by atoms with Gasteiger partial charge in [-0.05, 0) is 42.7 Å². The van der Waals surface area contributed by atoms with Crippen LogP contribution in [-0.2, 0) is 22.4 Å². The fourth-order valence-electron chi connectivity index (χ4n) is 3.27. The molecule has 148 valence electrons. The number of nitrogens with one attached hydrogen (secondary N) is 3. The van der Waals surface area contributed by atoms with Crippen LogP contribution in [0.25, 0.3) is 0 Å². The second-order valence-corrected chi connectivity index (χ2v) is 6.80. The molecule has 1 atom stereocenters. The molecule has 2 aromatic carbocycles. The van der Waals surface area contributed by atoms with Gasteiger partial charge in [0.1, 0.15) is 11.6 Å². The van der Waals surface area contributed by atoms with Crippen LogP contribution in [0.5, 0.6) is 11.5 Å². The minimum atomic E-state index is -0.885. The number of nitrogens with zero attached hydrogens (tertiary/aromatic N) is 1. The molecule has 3 aromatic rings. The number of aromatic nitrogens is 2. The minimum Gasteiger partial charge on any atom is -0.455 e. The maximum absolute atomic E-state index is 13.7. The lowest BCUT2D eigenvalue weighted by Gasteiger charge is -2.22. The number of H-pyrrole nitrogens is 1. The van der Waals surface area contributed by atoms with Crippen molar-refractivity contribution in [2.24, 2.45) is 0 Å². The van der Waals surface area contributed by atoms with Crippen molar-refractivity contribution < 1.29 is 18.7 Å². The van der Waals surface area contributed by atoms with Gasteiger partial charge in [0.15, 0.2) is 5.75 Å². The Labute approximate surface area is 166 Å². The predicted molar refractivity (Wildman–Crippen MR) is 104 cm³/mol. The van der Waals surface area contributed by atoms with Crippen molar-refractivity contribution in [1.29, 1.82) is 0 Å². The molecule has 0 fully saturated rings. The molecule has 4 rings (SSSR count). The zero-order chi connectivity index (χ0) is 20.2. The van der Waals surface area contributed by atoms with Crippen molar-refractivity contribution in [3.05, 3.63) is 71.8 Å². The monoisotopic (exact) mass is 394 g/mol. The standard InChI is InChI=1S/C21H19FN4O3/c22-14-7-9-19(29-16-4-2-1-3-5-16)18(10-14)25-21(28)20(27)24-15-8-6-13-12-23-26-17(13)11-15/h1-5,7,9-10,12,15H,6,8,11H2,(H,23,26)(H,24,27)(H,25,28)/t15-/m1/s1. The maximum Gasteiger partial charge on any atom is 0.313 e. The molecule has 1 aliphatic rings. The van der Waals surface area contributed by atoms with Gasteiger partial charge in [0, 0.05) is 24.2 Å². The summed E-state index contributed by atoms with van der Waals surface area (Å²) in [6.07, 6.45) is 3.85. The molecular weight excluding hydrogens is 375 g/mol. The molecule has 0 aliphatic heterocycles. The van der Waals surface area contributed by atoms with Crippen LogP contribution in [0.3, 0.4) is 0 Å². The molecule has 29 heavy (non-hydrogen) atoms. The third-order valence-corrected chi connectivity index (χ3v) is 4.72. The summed E-state index contributed by atoms with van der Waals surface area (Å²) >= 11 is 0. The fourth-order valence-corrected chi connectivity index (χ4v) is 3.27. The molecule has 7 nitrogen and oxygen atoms in total. The number of ether oxygens (including phenoxy) is 1. The van der Waals surface area contributed by atoms with Crippen LogP contribution >= 0.6 is 0 Å². The zero-order valence-electron chi connectivity index (χ0n) is 15.4. The topological polar surface area (TPSA) is 96.1 Å². The Morgan fingerprint density at radius 2 is 1.97 bits per heavy atom. The SMILES string of the molecule is O=C(Nc1cc(F)ccc1Oc1ccccc1)C(=O)N[C@@H]1CCc2cn[nH]c2C1. The third kappa shape index (κ3) is 4.43. The van der Waals surface area contributed by atoms with E-state index in [1.165, 1.54) is 12.1 Å². The van der Waals surface area contributed by atoms with E-state index in [1.54, 1.807) is 30.5 Å². The van der Waals surface area contributed by atoms with Gasteiger partial charge < -0.3 is 15.4 Å². The second-order valence-electron chi connectivity index (χ2n) is 6.80. The Bertz CT molecular complexity index is 1040. The summed E-state index contributed by atoms with van der Waals surface area (Å²) in [7, 11) is 0. The van der Waals surface area contributed by atoms with Gasteiger partial charge in [-0.1, -0.05) is 18.2 Å². The van der Waals surface area contributed by atoms with Gasteiger partial charge in [0.25, 0.3) is 0 Å². The van der Waals surface area contributed by atoms with E-state index < -0.39 is 17.6 Å². The molecule has 0 spiro atoms. The van der Waals surface area contributed by atoms with Crippen molar-refractivity contribution in [3.8, 4) is 11.5 Å². The summed E-state index contributed by atoms with van der Waals surface area (Å²) in [5.41, 5.74) is 2.17. The lowest BCUT2D eigenvalue weighted by molar-refractivity contribution is -0.136. The van der Waals surface area contributed by atoms with E-state index in [1.807, 2.05) is 6.07 Å². The van der Waals surface area contributed by atoms with E-state index in [4.69, 9.17) is 4.74 Å². The van der Waals surface area contributed by atoms with Gasteiger partial charge in [-0.15, -0.1) is 0 Å². The Kier molecular flexibility index (Phi) is 5.24. The average Bonchev–Trinajstić information content (AvgIpc) is 3.18. The quantitative estimate of drug-likeness (QED) is 0.593. The summed E-state index contributed by atoms with van der Waals surface area (Å²) in [6.45, 7) is 0. The van der Waals surface area contributed by atoms with Crippen LogP contribution in [0.2, 0.25) is 0 Å². The number of halogens is 1. The minimum absolute atomic E-state index is 0.0773. The Morgan fingerprint density at radius 3 is 2.79 bits per heavy atom. The Balaban J connectivity index is 1.42. The Hall–Kier alpha value is -3.68. The number of anilines is 1. The van der Waals surface area contributed by atoms with E-state index in [-0.39, 0.29) is 17.5 Å². The fraction of sp³-hybridized carbons (Fsp3) is 0.190. The van der Waals surface area contributed by atoms with Crippen LogP contribution in [-0.4, -0.2) is 28.1 Å². The smallest absolute Gasteiger partial charge is 0.313 e. The average molecular weight is 394 g/mol. The normalized spacial score (nSPS) is 15.3. The van der Waals surface area contributed by atoms with Gasteiger partial charge in [-0.25, -0.2) is 4.39 Å². The van der Waals surface area contributed by atoms with E-state index in [0.29, 0.717) is 18.6 Å². The molecule has 1 aromatic heterocycles. The maximum atomic E-state index is 13.7. The van der Waals surface area contributed by atoms with Crippen molar-refractivity contribution in [2.45, 2.75) is 25.3 Å². The van der Waals surface area contributed by atoms with Gasteiger partial charge in [0.05, 0.1) is 11.9 Å². The molecule has 1 heterocycles. The zero-order valence-corrected chi connectivity index (χ0v) is 15.4. The van der Waals surface area contributed by atoms with Crippen LogP contribution in [0.1, 0.15) is 17.7 Å². The second kappa shape index (κ2) is 8.14. The molecule has 0 unspecified atom stereocenters. The number of para-hydroxylation sites is 1. The number of benzene rings is 2. The number of aromatic amines is 1. The van der Waals surface area contributed by atoms with Crippen LogP contribution in [0, 0.1) is 5.82 Å². The van der Waals surface area contributed by atoms with Gasteiger partial charge >= 0.3 is 11.8 Å². The molecule has 2 amide bonds. The largest absolute Gasteiger partial charge is 0.455 e. The summed E-state index contributed by atoms with van der Waals surface area (Å²) in [5, 5.41) is 12.1. The number of carbonyl (C=O) groups excluding carboxylic acids is 2. The highest BCUT2D eigenvalue weighted by Crippen LogP contribution is 2.30. The molecule has 0 saturated carbocycles. The highest BCUT2D eigenvalue weighted by molar-refractivity contribution is 6.39. The lowest BCUT2D eigenvalue weighted by Crippen LogP contribution is -2.44. The van der Waals surface area contributed by atoms with Crippen molar-refractivity contribution in [2.75, 3.05) is 5.32 Å². The summed E-state index contributed by atoms with van der Waals surface area (Å²) in [6, 6.07) is 12.4. The number of carbonyl (C=O) groups is 2. The number of aryl methyl sites for hydroxylation is 1. The van der Waals surface area contributed by atoms with Crippen molar-refractivity contribution in [3.63, 3.8) is 0 Å². The van der Waals surface area contributed by atoms with E-state index >= 15 is 0 Å². The molecule has 0 radical (unpaired) electrons. The predicted octanol–water partition coefficient (Wildman–Crippen LogP) is 2.95. The van der Waals surface area contributed by atoms with Crippen molar-refractivity contribution >= 4 is 17.5 Å². The van der Waals surface area contributed by atoms with Crippen LogP contribution in [0.15, 0.2) is 54.7 Å². The highest BCUT2D eigenvalue weighted by Gasteiger charge is 2.25. The first-order valence-corrected chi connectivity index (χ1v) is 9.24. The Morgan fingerprint density at radius 1 is 1.14 bits per heavy atom. The van der Waals surface area contributed by atoms with Crippen LogP contribution in [0.4, 0.5) is 10.1 Å². The summed E-state index contributed by atoms with van der Waals surface area (Å²) in [4.78, 5) is 24.7. The van der Waals surface area contributed by atoms with Gasteiger partial charge in [-0.2, -0.15) is 5.10 Å². The first kappa shape index (κ1) is 18.7. The molecular formula is C21H19FN4O3. The number of hydrogen-bond acceptors (Lipinski definition) is 4. The first-order valence-electron chi connectivity index (χ1n) is 9.24. The van der Waals surface area contributed by atoms with Gasteiger partial charge in [0.2, 0.25) is 0 Å². The van der Waals surface area contributed by atoms with Crippen molar-refractivity contribution in [1.82, 2.24) is 15.5 Å². The molecule has 0 bridgehead atoms.